The Morgan fingerprint density at radius 3 is 2.39 bits per heavy atom. The zero-order valence-corrected chi connectivity index (χ0v) is 22.7. The first kappa shape index (κ1) is 27.1. The summed E-state index contributed by atoms with van der Waals surface area (Å²) in [6, 6.07) is 2.71. The number of phenolic OH excluding ortho intramolecular Hbond substituents is 3. The number of Topliss-reactive ketones (excluding diaryl/α,β-unsaturated/α-hetero) is 2. The van der Waals surface area contributed by atoms with Gasteiger partial charge >= 0.3 is 5.63 Å². The number of ketones is 3. The van der Waals surface area contributed by atoms with Crippen LogP contribution in [0.5, 0.6) is 28.7 Å². The summed E-state index contributed by atoms with van der Waals surface area (Å²) >= 11 is 0. The number of carbonyl (C=O) groups excluding carboxylic acids is 4. The highest BCUT2D eigenvalue weighted by Gasteiger charge is 2.50. The van der Waals surface area contributed by atoms with E-state index in [1.54, 1.807) is 0 Å². The van der Waals surface area contributed by atoms with Crippen LogP contribution >= 0.6 is 0 Å². The molecule has 7 rings (SSSR count). The number of rotatable bonds is 3. The van der Waals surface area contributed by atoms with E-state index in [4.69, 9.17) is 18.6 Å². The van der Waals surface area contributed by atoms with Gasteiger partial charge in [-0.25, -0.2) is 4.79 Å². The largest absolute Gasteiger partial charge is 0.510 e. The highest BCUT2D eigenvalue weighted by atomic mass is 16.7. The van der Waals surface area contributed by atoms with Crippen molar-refractivity contribution in [3.8, 4) is 28.7 Å². The minimum Gasteiger partial charge on any atom is -0.510 e. The summed E-state index contributed by atoms with van der Waals surface area (Å²) < 4.78 is 22.1. The zero-order chi connectivity index (χ0) is 31.2. The number of hydrogen-bond donors (Lipinski definition) is 5. The highest BCUT2D eigenvalue weighted by molar-refractivity contribution is 6.26. The molecule has 0 saturated carbocycles. The van der Waals surface area contributed by atoms with E-state index in [-0.39, 0.29) is 77.2 Å². The summed E-state index contributed by atoms with van der Waals surface area (Å²) in [6.07, 6.45) is 1.13. The fraction of sp³-hybridized carbons (Fsp3) is 0.233. The van der Waals surface area contributed by atoms with Crippen LogP contribution < -0.4 is 20.4 Å². The van der Waals surface area contributed by atoms with Crippen LogP contribution in [-0.4, -0.2) is 56.6 Å². The summed E-state index contributed by atoms with van der Waals surface area (Å²) in [7, 11) is 1.18. The van der Waals surface area contributed by atoms with E-state index in [1.165, 1.54) is 19.2 Å². The average Bonchev–Trinajstić information content (AvgIpc) is 3.52. The summed E-state index contributed by atoms with van der Waals surface area (Å²) in [5, 5.41) is 45.1. The quantitative estimate of drug-likeness (QED) is 0.272. The van der Waals surface area contributed by atoms with Crippen molar-refractivity contribution in [3.63, 3.8) is 0 Å². The number of fused-ring (bicyclic) bond motifs is 4. The molecule has 4 aliphatic rings. The second-order valence-electron chi connectivity index (χ2n) is 10.7. The summed E-state index contributed by atoms with van der Waals surface area (Å²) in [5.41, 5.74) is -1.81. The smallest absolute Gasteiger partial charge is 0.348 e. The molecule has 1 spiro atoms. The molecule has 224 valence electrons. The second kappa shape index (κ2) is 9.10. The monoisotopic (exact) mass is 603 g/mol. The number of nitrogens with one attached hydrogen (secondary N) is 1. The maximum Gasteiger partial charge on any atom is 0.348 e. The second-order valence-corrected chi connectivity index (χ2v) is 10.7. The maximum absolute atomic E-state index is 12.9. The lowest BCUT2D eigenvalue weighted by atomic mass is 9.87. The van der Waals surface area contributed by atoms with Gasteiger partial charge in [0.15, 0.2) is 46.1 Å². The molecule has 3 heterocycles. The third kappa shape index (κ3) is 3.70. The van der Waals surface area contributed by atoms with Crippen LogP contribution in [0.15, 0.2) is 44.6 Å². The number of allylic oxidation sites excluding steroid dienone is 4. The molecule has 0 saturated heterocycles. The predicted molar refractivity (Wildman–Crippen MR) is 145 cm³/mol. The van der Waals surface area contributed by atoms with Gasteiger partial charge in [-0.05, 0) is 29.5 Å². The third-order valence-electron chi connectivity index (χ3n) is 8.15. The molecule has 1 atom stereocenters. The molecule has 0 radical (unpaired) electrons. The van der Waals surface area contributed by atoms with Crippen LogP contribution in [0.1, 0.15) is 61.7 Å². The molecule has 0 unspecified atom stereocenters. The van der Waals surface area contributed by atoms with Crippen molar-refractivity contribution >= 4 is 34.0 Å². The standard InChI is InChI=1S/C30H21NO13/c1-41-16-8-15(34)19-20(23(16)36)25(38)27-12(22(19)35)9-30(44-27)5-4-10-6-11-7-17(28(39)31-21-13(32)2-3-14(21)33)42-29(40)18(11)24(37)26(10)43-30/h6-8,32,35,37-38H,2-5,9H2,1H3,(H,31,39)/t30-/m0/s1. The first-order valence-electron chi connectivity index (χ1n) is 13.4. The molecule has 44 heavy (non-hydrogen) atoms. The number of amides is 1. The Kier molecular flexibility index (Phi) is 5.60. The highest BCUT2D eigenvalue weighted by Crippen LogP contribution is 2.55. The Morgan fingerprint density at radius 2 is 1.68 bits per heavy atom. The average molecular weight is 603 g/mol. The molecule has 1 aromatic heterocycles. The number of aromatic hydroxyl groups is 3. The zero-order valence-electron chi connectivity index (χ0n) is 22.7. The number of aryl methyl sites for hydroxylation is 1. The van der Waals surface area contributed by atoms with Gasteiger partial charge in [-0.2, -0.15) is 0 Å². The molecule has 0 fully saturated rings. The van der Waals surface area contributed by atoms with Crippen molar-refractivity contribution in [2.45, 2.75) is 37.9 Å². The van der Waals surface area contributed by atoms with Crippen molar-refractivity contribution in [1.82, 2.24) is 5.32 Å². The van der Waals surface area contributed by atoms with Gasteiger partial charge in [-0.1, -0.05) is 0 Å². The number of benzene rings is 2. The van der Waals surface area contributed by atoms with Crippen LogP contribution in [0.4, 0.5) is 0 Å². The number of aliphatic hydroxyl groups excluding tert-OH is 1. The third-order valence-corrected chi connectivity index (χ3v) is 8.15. The SMILES string of the molecule is COC1=CC(=O)c2c(O)c3c(c(O)c2C1=O)O[C@@]1(CCc2cc4cc(C(=O)NC5=C(O)CCC5=O)oc(=O)c4c(O)c2O1)C3. The minimum absolute atomic E-state index is 0.0115. The molecule has 14 nitrogen and oxygen atoms in total. The fourth-order valence-electron chi connectivity index (χ4n) is 6.02. The number of ether oxygens (including phenoxy) is 3. The summed E-state index contributed by atoms with van der Waals surface area (Å²) in [6.45, 7) is 0. The van der Waals surface area contributed by atoms with E-state index in [1.807, 2.05) is 0 Å². The van der Waals surface area contributed by atoms with Crippen molar-refractivity contribution in [3.05, 3.63) is 73.9 Å². The number of carbonyl (C=O) groups is 4. The molecule has 2 aromatic carbocycles. The van der Waals surface area contributed by atoms with Crippen molar-refractivity contribution in [2.24, 2.45) is 0 Å². The van der Waals surface area contributed by atoms with Crippen LogP contribution in [0, 0.1) is 0 Å². The topological polar surface area (TPSA) is 219 Å². The first-order valence-corrected chi connectivity index (χ1v) is 13.4. The van der Waals surface area contributed by atoms with Gasteiger partial charge in [0.1, 0.15) is 22.6 Å². The van der Waals surface area contributed by atoms with E-state index in [0.717, 1.165) is 6.08 Å². The minimum atomic E-state index is -1.60. The Morgan fingerprint density at radius 1 is 0.932 bits per heavy atom. The van der Waals surface area contributed by atoms with Gasteiger partial charge in [0.05, 0.1) is 24.7 Å². The first-order chi connectivity index (χ1) is 20.9. The molecule has 0 bridgehead atoms. The molecule has 5 N–H and O–H groups in total. The molecule has 2 aliphatic carbocycles. The summed E-state index contributed by atoms with van der Waals surface area (Å²) in [4.78, 5) is 63.2. The van der Waals surface area contributed by atoms with E-state index < -0.39 is 68.8 Å². The van der Waals surface area contributed by atoms with Gasteiger partial charge in [0.2, 0.25) is 5.78 Å². The van der Waals surface area contributed by atoms with Crippen LogP contribution in [0.2, 0.25) is 0 Å². The molecule has 3 aromatic rings. The van der Waals surface area contributed by atoms with Crippen LogP contribution in [0.25, 0.3) is 10.8 Å². The summed E-state index contributed by atoms with van der Waals surface area (Å²) in [5.74, 6) is -7.96. The van der Waals surface area contributed by atoms with Crippen molar-refractivity contribution in [2.75, 3.05) is 7.11 Å². The lowest BCUT2D eigenvalue weighted by Gasteiger charge is -2.35. The van der Waals surface area contributed by atoms with Crippen LogP contribution in [-0.2, 0) is 22.4 Å². The Labute approximate surface area is 245 Å². The number of aliphatic hydroxyl groups is 1. The van der Waals surface area contributed by atoms with Gasteiger partial charge in [0.25, 0.3) is 11.7 Å². The van der Waals surface area contributed by atoms with Gasteiger partial charge in [-0.3, -0.25) is 19.2 Å². The van der Waals surface area contributed by atoms with Crippen LogP contribution in [0.3, 0.4) is 0 Å². The molecule has 2 aliphatic heterocycles. The van der Waals surface area contributed by atoms with Crippen molar-refractivity contribution in [1.29, 1.82) is 0 Å². The van der Waals surface area contributed by atoms with E-state index in [0.29, 0.717) is 5.56 Å². The van der Waals surface area contributed by atoms with Gasteiger partial charge in [0, 0.05) is 30.9 Å². The Balaban J connectivity index is 1.24. The number of methoxy groups -OCH3 is 1. The molecular formula is C30H21NO13. The van der Waals surface area contributed by atoms with Gasteiger partial charge < -0.3 is 44.4 Å². The fourth-order valence-corrected chi connectivity index (χ4v) is 6.02. The lowest BCUT2D eigenvalue weighted by molar-refractivity contribution is -0.115. The molecule has 1 amide bonds. The Bertz CT molecular complexity index is 2050. The van der Waals surface area contributed by atoms with E-state index in [9.17, 15) is 44.4 Å². The van der Waals surface area contributed by atoms with Crippen molar-refractivity contribution < 1.29 is 58.2 Å². The normalized spacial score (nSPS) is 20.2. The van der Waals surface area contributed by atoms with Gasteiger partial charge in [-0.15, -0.1) is 0 Å². The predicted octanol–water partition coefficient (Wildman–Crippen LogP) is 2.34. The Hall–Kier alpha value is -5.79. The number of phenols is 3. The van der Waals surface area contributed by atoms with E-state index >= 15 is 0 Å². The number of hydrogen-bond acceptors (Lipinski definition) is 13. The lowest BCUT2D eigenvalue weighted by Crippen LogP contribution is -2.44. The maximum atomic E-state index is 12.9. The molecular weight excluding hydrogens is 582 g/mol. The molecule has 14 heteroatoms. The van der Waals surface area contributed by atoms with E-state index in [2.05, 4.69) is 5.32 Å².